The Morgan fingerprint density at radius 3 is 2.59 bits per heavy atom. The van der Waals surface area contributed by atoms with Crippen molar-refractivity contribution in [2.75, 3.05) is 5.32 Å². The smallest absolute Gasteiger partial charge is 0.333 e. The van der Waals surface area contributed by atoms with Crippen molar-refractivity contribution in [2.24, 2.45) is 5.73 Å². The Kier molecular flexibility index (Phi) is 6.73. The van der Waals surface area contributed by atoms with E-state index in [9.17, 15) is 19.2 Å². The number of nitrogens with two attached hydrogens (primary N) is 1. The molecule has 0 aliphatic carbocycles. The Morgan fingerprint density at radius 1 is 1.12 bits per heavy atom. The predicted octanol–water partition coefficient (Wildman–Crippen LogP) is 2.01. The second kappa shape index (κ2) is 9.87. The van der Waals surface area contributed by atoms with Crippen LogP contribution in [0.3, 0.4) is 0 Å². The van der Waals surface area contributed by atoms with Gasteiger partial charge in [-0.2, -0.15) is 0 Å². The number of carbonyl (C=O) groups is 2. The van der Waals surface area contributed by atoms with Crippen molar-refractivity contribution in [1.29, 1.82) is 0 Å². The van der Waals surface area contributed by atoms with Gasteiger partial charge in [-0.3, -0.25) is 19.0 Å². The molecule has 0 unspecified atom stereocenters. The average molecular weight is 481 g/mol. The normalized spacial score (nSPS) is 11.1. The molecule has 0 radical (unpaired) electrons. The highest BCUT2D eigenvalue weighted by atomic mass is 32.1. The molecule has 0 aliphatic heterocycles. The number of amides is 2. The van der Waals surface area contributed by atoms with E-state index in [1.165, 1.54) is 10.6 Å². The third kappa shape index (κ3) is 4.55. The van der Waals surface area contributed by atoms with Crippen LogP contribution in [0.25, 0.3) is 11.2 Å². The van der Waals surface area contributed by atoms with E-state index in [1.807, 2.05) is 37.3 Å². The van der Waals surface area contributed by atoms with Gasteiger partial charge in [0.05, 0.1) is 18.4 Å². The van der Waals surface area contributed by atoms with Crippen LogP contribution in [0.4, 0.5) is 5.00 Å². The minimum atomic E-state index is -0.680. The molecule has 0 fully saturated rings. The molecule has 4 aromatic rings. The zero-order valence-electron chi connectivity index (χ0n) is 18.6. The molecule has 2 amide bonds. The van der Waals surface area contributed by atoms with E-state index in [0.717, 1.165) is 34.3 Å². The van der Waals surface area contributed by atoms with Crippen molar-refractivity contribution in [3.8, 4) is 0 Å². The molecule has 0 saturated carbocycles. The van der Waals surface area contributed by atoms with Crippen LogP contribution in [-0.4, -0.2) is 30.5 Å². The first-order valence-corrected chi connectivity index (χ1v) is 11.7. The Morgan fingerprint density at radius 2 is 1.88 bits per heavy atom. The zero-order chi connectivity index (χ0) is 24.2. The van der Waals surface area contributed by atoms with Gasteiger partial charge in [0.2, 0.25) is 5.91 Å². The Balaban J connectivity index is 1.78. The fourth-order valence-corrected chi connectivity index (χ4v) is 4.50. The molecule has 0 aliphatic rings. The van der Waals surface area contributed by atoms with Crippen LogP contribution in [0, 0.1) is 0 Å². The summed E-state index contributed by atoms with van der Waals surface area (Å²) in [5, 5.41) is 4.47. The predicted molar refractivity (Wildman–Crippen MR) is 130 cm³/mol. The Labute approximate surface area is 198 Å². The number of aromatic nitrogens is 4. The van der Waals surface area contributed by atoms with Gasteiger partial charge in [-0.25, -0.2) is 14.3 Å². The second-order valence-electron chi connectivity index (χ2n) is 7.79. The lowest BCUT2D eigenvalue weighted by Gasteiger charge is -2.13. The third-order valence-corrected chi connectivity index (χ3v) is 6.23. The Hall–Kier alpha value is -3.99. The molecule has 3 heterocycles. The van der Waals surface area contributed by atoms with Gasteiger partial charge in [-0.05, 0) is 23.4 Å². The summed E-state index contributed by atoms with van der Waals surface area (Å²) in [4.78, 5) is 55.4. The van der Waals surface area contributed by atoms with Crippen LogP contribution >= 0.6 is 11.3 Å². The largest absolute Gasteiger partial charge is 0.366 e. The van der Waals surface area contributed by atoms with Crippen molar-refractivity contribution in [2.45, 2.75) is 39.4 Å². The topological polar surface area (TPSA) is 134 Å². The van der Waals surface area contributed by atoms with Crippen LogP contribution in [0.2, 0.25) is 0 Å². The highest BCUT2D eigenvalue weighted by molar-refractivity contribution is 7.14. The quantitative estimate of drug-likeness (QED) is 0.378. The fourth-order valence-electron chi connectivity index (χ4n) is 3.69. The minimum absolute atomic E-state index is 0.167. The van der Waals surface area contributed by atoms with Crippen molar-refractivity contribution < 1.29 is 9.59 Å². The van der Waals surface area contributed by atoms with E-state index in [0.29, 0.717) is 6.54 Å². The maximum atomic E-state index is 13.4. The number of hydrogen-bond acceptors (Lipinski definition) is 6. The summed E-state index contributed by atoms with van der Waals surface area (Å²) in [6, 6.07) is 10.8. The van der Waals surface area contributed by atoms with Crippen LogP contribution in [0.1, 0.15) is 35.7 Å². The summed E-state index contributed by atoms with van der Waals surface area (Å²) in [5.41, 5.74) is 5.67. The molecule has 0 bridgehead atoms. The van der Waals surface area contributed by atoms with Gasteiger partial charge in [-0.1, -0.05) is 43.7 Å². The molecule has 3 N–H and O–H groups in total. The van der Waals surface area contributed by atoms with Gasteiger partial charge in [0.1, 0.15) is 11.5 Å². The van der Waals surface area contributed by atoms with E-state index >= 15 is 0 Å². The molecule has 11 heteroatoms. The number of thiophene rings is 1. The first-order chi connectivity index (χ1) is 16.4. The summed E-state index contributed by atoms with van der Waals surface area (Å²) in [6.45, 7) is 2.28. The summed E-state index contributed by atoms with van der Waals surface area (Å²) in [7, 11) is 0. The molecule has 34 heavy (non-hydrogen) atoms. The van der Waals surface area contributed by atoms with Crippen LogP contribution in [0.5, 0.6) is 0 Å². The molecular formula is C23H24N6O4S. The number of imidazole rings is 1. The van der Waals surface area contributed by atoms with Crippen LogP contribution < -0.4 is 22.3 Å². The maximum Gasteiger partial charge on any atom is 0.333 e. The van der Waals surface area contributed by atoms with Crippen molar-refractivity contribution in [3.05, 3.63) is 80.1 Å². The van der Waals surface area contributed by atoms with E-state index in [4.69, 9.17) is 5.73 Å². The monoisotopic (exact) mass is 480 g/mol. The second-order valence-corrected chi connectivity index (χ2v) is 8.70. The summed E-state index contributed by atoms with van der Waals surface area (Å²) < 4.78 is 4.03. The lowest BCUT2D eigenvalue weighted by atomic mass is 10.2. The van der Waals surface area contributed by atoms with Crippen molar-refractivity contribution >= 4 is 39.3 Å². The molecule has 1 aromatic carbocycles. The van der Waals surface area contributed by atoms with Gasteiger partial charge in [0.15, 0.2) is 11.2 Å². The number of nitrogens with one attached hydrogen (secondary N) is 1. The molecule has 0 saturated heterocycles. The number of unbranched alkanes of at least 4 members (excludes halogenated alkanes) is 1. The number of fused-ring (bicyclic) bond motifs is 1. The number of rotatable bonds is 9. The zero-order valence-corrected chi connectivity index (χ0v) is 19.4. The molecule has 4 rings (SSSR count). The standard InChI is InChI=1S/C23H24N6O4S/c1-2-3-10-27-14-25-20-18(27)22(32)29(23(33)28(20)12-15-7-5-4-6-8-15)13-17(30)26-21-16(19(24)31)9-11-34-21/h4-9,11,14H,2-3,10,12-13H2,1H3,(H2,24,31)(H,26,30). The SMILES string of the molecule is CCCCn1cnc2c1c(=O)n(CC(=O)Nc1sccc1C(N)=O)c(=O)n2Cc1ccccc1. The van der Waals surface area contributed by atoms with Crippen molar-refractivity contribution in [3.63, 3.8) is 0 Å². The first-order valence-electron chi connectivity index (χ1n) is 10.8. The number of carbonyl (C=O) groups excluding carboxylic acids is 2. The minimum Gasteiger partial charge on any atom is -0.366 e. The molecule has 176 valence electrons. The van der Waals surface area contributed by atoms with E-state index in [2.05, 4.69) is 10.3 Å². The van der Waals surface area contributed by atoms with E-state index in [-0.39, 0.29) is 28.3 Å². The number of benzene rings is 1. The van der Waals surface area contributed by atoms with E-state index < -0.39 is 29.6 Å². The van der Waals surface area contributed by atoms with Crippen LogP contribution in [0.15, 0.2) is 57.7 Å². The van der Waals surface area contributed by atoms with Gasteiger partial charge in [0.25, 0.3) is 11.5 Å². The number of anilines is 1. The summed E-state index contributed by atoms with van der Waals surface area (Å²) in [5.74, 6) is -1.30. The highest BCUT2D eigenvalue weighted by Crippen LogP contribution is 2.22. The maximum absolute atomic E-state index is 13.4. The van der Waals surface area contributed by atoms with Gasteiger partial charge in [0, 0.05) is 6.54 Å². The number of hydrogen-bond donors (Lipinski definition) is 2. The van der Waals surface area contributed by atoms with Gasteiger partial charge in [-0.15, -0.1) is 11.3 Å². The number of aryl methyl sites for hydroxylation is 1. The number of nitrogens with zero attached hydrogens (tertiary/aromatic N) is 4. The van der Waals surface area contributed by atoms with Crippen molar-refractivity contribution in [1.82, 2.24) is 18.7 Å². The third-order valence-electron chi connectivity index (χ3n) is 5.41. The molecule has 10 nitrogen and oxygen atoms in total. The number of primary amides is 1. The van der Waals surface area contributed by atoms with E-state index in [1.54, 1.807) is 16.3 Å². The lowest BCUT2D eigenvalue weighted by molar-refractivity contribution is -0.116. The lowest BCUT2D eigenvalue weighted by Crippen LogP contribution is -2.43. The highest BCUT2D eigenvalue weighted by Gasteiger charge is 2.21. The van der Waals surface area contributed by atoms with Gasteiger partial charge < -0.3 is 15.6 Å². The van der Waals surface area contributed by atoms with Gasteiger partial charge >= 0.3 is 5.69 Å². The van der Waals surface area contributed by atoms with Crippen LogP contribution in [-0.2, 0) is 24.4 Å². The molecule has 3 aromatic heterocycles. The Bertz CT molecular complexity index is 1460. The molecular weight excluding hydrogens is 456 g/mol. The molecule has 0 spiro atoms. The summed E-state index contributed by atoms with van der Waals surface area (Å²) in [6.07, 6.45) is 3.30. The molecule has 0 atom stereocenters. The summed E-state index contributed by atoms with van der Waals surface area (Å²) >= 11 is 1.13. The fraction of sp³-hybridized carbons (Fsp3) is 0.261. The first kappa shape index (κ1) is 23.2. The average Bonchev–Trinajstić information content (AvgIpc) is 3.46.